The number of phenols is 1. The second kappa shape index (κ2) is 7.68. The molecule has 0 spiro atoms. The first kappa shape index (κ1) is 14.6. The fourth-order valence-electron chi connectivity index (χ4n) is 1.93. The first-order chi connectivity index (χ1) is 9.81. The standard InChI is InChI=1S/C9H13N.C8H6OS/c10-8-4-7-9-5-2-1-3-6-9;9-7-2-1-3-8-6(7)4-5-10-8/h1-3,5-6H,4,7-8,10H2;1-5,9H. The Hall–Kier alpha value is -1.84. The average molecular weight is 285 g/mol. The number of aromatic hydroxyl groups is 1. The first-order valence-electron chi connectivity index (χ1n) is 6.70. The fraction of sp³-hybridized carbons (Fsp3) is 0.176. The Morgan fingerprint density at radius 2 is 1.75 bits per heavy atom. The molecule has 2 aromatic carbocycles. The van der Waals surface area contributed by atoms with E-state index in [1.807, 2.05) is 29.6 Å². The summed E-state index contributed by atoms with van der Waals surface area (Å²) < 4.78 is 1.14. The minimum atomic E-state index is 0.374. The molecule has 0 aliphatic heterocycles. The fourth-order valence-corrected chi connectivity index (χ4v) is 2.74. The van der Waals surface area contributed by atoms with Gasteiger partial charge in [0, 0.05) is 10.1 Å². The summed E-state index contributed by atoms with van der Waals surface area (Å²) in [6.07, 6.45) is 2.20. The topological polar surface area (TPSA) is 46.2 Å². The number of thiophene rings is 1. The molecule has 0 unspecified atom stereocenters. The van der Waals surface area contributed by atoms with Crippen LogP contribution in [-0.2, 0) is 6.42 Å². The van der Waals surface area contributed by atoms with Crippen LogP contribution in [0.5, 0.6) is 5.75 Å². The molecule has 3 heteroatoms. The van der Waals surface area contributed by atoms with E-state index in [0.29, 0.717) is 5.75 Å². The van der Waals surface area contributed by atoms with Crippen LogP contribution in [0, 0.1) is 0 Å². The van der Waals surface area contributed by atoms with Crippen LogP contribution in [0.1, 0.15) is 12.0 Å². The predicted molar refractivity (Wildman–Crippen MR) is 87.3 cm³/mol. The number of rotatable bonds is 3. The van der Waals surface area contributed by atoms with Gasteiger partial charge in [-0.15, -0.1) is 11.3 Å². The summed E-state index contributed by atoms with van der Waals surface area (Å²) >= 11 is 1.64. The van der Waals surface area contributed by atoms with Crippen molar-refractivity contribution in [3.63, 3.8) is 0 Å². The number of fused-ring (bicyclic) bond motifs is 1. The lowest BCUT2D eigenvalue weighted by Crippen LogP contribution is -1.99. The zero-order chi connectivity index (χ0) is 14.2. The summed E-state index contributed by atoms with van der Waals surface area (Å²) in [6.45, 7) is 0.787. The van der Waals surface area contributed by atoms with Gasteiger partial charge in [0.15, 0.2) is 0 Å². The summed E-state index contributed by atoms with van der Waals surface area (Å²) in [4.78, 5) is 0. The smallest absolute Gasteiger partial charge is 0.124 e. The molecule has 0 saturated heterocycles. The first-order valence-corrected chi connectivity index (χ1v) is 7.58. The second-order valence-corrected chi connectivity index (χ2v) is 5.44. The van der Waals surface area contributed by atoms with Gasteiger partial charge >= 0.3 is 0 Å². The number of phenolic OH excluding ortho intramolecular Hbond substituents is 1. The van der Waals surface area contributed by atoms with Crippen molar-refractivity contribution in [1.29, 1.82) is 0 Å². The van der Waals surface area contributed by atoms with E-state index in [4.69, 9.17) is 5.73 Å². The SMILES string of the molecule is NCCCc1ccccc1.Oc1cccc2sccc12. The zero-order valence-electron chi connectivity index (χ0n) is 11.3. The summed E-state index contributed by atoms with van der Waals surface area (Å²) in [7, 11) is 0. The molecule has 104 valence electrons. The highest BCUT2D eigenvalue weighted by Crippen LogP contribution is 2.27. The van der Waals surface area contributed by atoms with E-state index >= 15 is 0 Å². The van der Waals surface area contributed by atoms with Crippen LogP contribution in [0.25, 0.3) is 10.1 Å². The maximum Gasteiger partial charge on any atom is 0.124 e. The number of hydrogen-bond acceptors (Lipinski definition) is 3. The molecule has 20 heavy (non-hydrogen) atoms. The molecule has 0 aliphatic rings. The molecule has 2 nitrogen and oxygen atoms in total. The molecule has 0 bridgehead atoms. The van der Waals surface area contributed by atoms with E-state index in [2.05, 4.69) is 24.3 Å². The number of benzene rings is 2. The summed E-state index contributed by atoms with van der Waals surface area (Å²) in [6, 6.07) is 17.9. The van der Waals surface area contributed by atoms with Crippen LogP contribution in [0.4, 0.5) is 0 Å². The van der Waals surface area contributed by atoms with Crippen molar-refractivity contribution in [3.05, 3.63) is 65.5 Å². The molecule has 1 aromatic heterocycles. The highest BCUT2D eigenvalue weighted by molar-refractivity contribution is 7.17. The molecule has 0 aliphatic carbocycles. The van der Waals surface area contributed by atoms with Crippen LogP contribution >= 0.6 is 11.3 Å². The van der Waals surface area contributed by atoms with Crippen molar-refractivity contribution in [2.24, 2.45) is 5.73 Å². The Bertz CT molecular complexity index is 634. The van der Waals surface area contributed by atoms with Crippen molar-refractivity contribution in [2.75, 3.05) is 6.54 Å². The molecule has 0 radical (unpaired) electrons. The van der Waals surface area contributed by atoms with Gasteiger partial charge < -0.3 is 10.8 Å². The summed E-state index contributed by atoms with van der Waals surface area (Å²) in [5.41, 5.74) is 6.76. The molecule has 0 fully saturated rings. The minimum Gasteiger partial charge on any atom is -0.507 e. The molecule has 3 aromatic rings. The quantitative estimate of drug-likeness (QED) is 0.758. The maximum absolute atomic E-state index is 9.27. The van der Waals surface area contributed by atoms with Crippen LogP contribution in [0.15, 0.2) is 60.0 Å². The molecule has 3 N–H and O–H groups in total. The Morgan fingerprint density at radius 3 is 2.45 bits per heavy atom. The monoisotopic (exact) mass is 285 g/mol. The van der Waals surface area contributed by atoms with Gasteiger partial charge in [0.05, 0.1) is 0 Å². The van der Waals surface area contributed by atoms with E-state index in [1.165, 1.54) is 5.56 Å². The third-order valence-electron chi connectivity index (χ3n) is 2.99. The Labute approximate surface area is 123 Å². The van der Waals surface area contributed by atoms with Crippen LogP contribution < -0.4 is 5.73 Å². The molecule has 1 heterocycles. The number of aryl methyl sites for hydroxylation is 1. The molecule has 0 amide bonds. The predicted octanol–water partition coefficient (Wildman–Crippen LogP) is 4.18. The normalized spacial score (nSPS) is 10.1. The average Bonchev–Trinajstić information content (AvgIpc) is 2.97. The summed E-state index contributed by atoms with van der Waals surface area (Å²) in [5.74, 6) is 0.374. The van der Waals surface area contributed by atoms with E-state index in [-0.39, 0.29) is 0 Å². The van der Waals surface area contributed by atoms with Gasteiger partial charge in [0.25, 0.3) is 0 Å². The van der Waals surface area contributed by atoms with E-state index in [0.717, 1.165) is 29.5 Å². The highest BCUT2D eigenvalue weighted by atomic mass is 32.1. The molecular formula is C17H19NOS. The third kappa shape index (κ3) is 4.08. The van der Waals surface area contributed by atoms with Crippen molar-refractivity contribution >= 4 is 21.4 Å². The zero-order valence-corrected chi connectivity index (χ0v) is 12.1. The van der Waals surface area contributed by atoms with Gasteiger partial charge in [0.2, 0.25) is 0 Å². The highest BCUT2D eigenvalue weighted by Gasteiger charge is 1.96. The molecular weight excluding hydrogens is 266 g/mol. The van der Waals surface area contributed by atoms with Crippen molar-refractivity contribution < 1.29 is 5.11 Å². The number of hydrogen-bond donors (Lipinski definition) is 2. The van der Waals surface area contributed by atoms with E-state index < -0.39 is 0 Å². The van der Waals surface area contributed by atoms with Gasteiger partial charge in [-0.25, -0.2) is 0 Å². The van der Waals surface area contributed by atoms with Crippen LogP contribution in [0.2, 0.25) is 0 Å². The van der Waals surface area contributed by atoms with E-state index in [9.17, 15) is 5.11 Å². The Balaban J connectivity index is 0.000000147. The lowest BCUT2D eigenvalue weighted by molar-refractivity contribution is 0.482. The summed E-state index contributed by atoms with van der Waals surface area (Å²) in [5, 5.41) is 12.2. The van der Waals surface area contributed by atoms with Gasteiger partial charge in [-0.3, -0.25) is 0 Å². The third-order valence-corrected chi connectivity index (χ3v) is 3.87. The lowest BCUT2D eigenvalue weighted by Gasteiger charge is -1.96. The molecule has 0 saturated carbocycles. The Morgan fingerprint density at radius 1 is 0.950 bits per heavy atom. The van der Waals surface area contributed by atoms with Crippen LogP contribution in [-0.4, -0.2) is 11.7 Å². The van der Waals surface area contributed by atoms with Crippen molar-refractivity contribution in [3.8, 4) is 5.75 Å². The van der Waals surface area contributed by atoms with Gasteiger partial charge in [-0.2, -0.15) is 0 Å². The van der Waals surface area contributed by atoms with E-state index in [1.54, 1.807) is 17.4 Å². The van der Waals surface area contributed by atoms with Crippen molar-refractivity contribution in [1.82, 2.24) is 0 Å². The van der Waals surface area contributed by atoms with Crippen molar-refractivity contribution in [2.45, 2.75) is 12.8 Å². The molecule has 0 atom stereocenters. The number of nitrogens with two attached hydrogens (primary N) is 1. The molecule has 3 rings (SSSR count). The van der Waals surface area contributed by atoms with Gasteiger partial charge in [-0.05, 0) is 48.5 Å². The second-order valence-electron chi connectivity index (χ2n) is 4.49. The lowest BCUT2D eigenvalue weighted by atomic mass is 10.1. The maximum atomic E-state index is 9.27. The Kier molecular flexibility index (Phi) is 5.59. The van der Waals surface area contributed by atoms with Crippen LogP contribution in [0.3, 0.4) is 0 Å². The van der Waals surface area contributed by atoms with Gasteiger partial charge in [-0.1, -0.05) is 36.4 Å². The van der Waals surface area contributed by atoms with Gasteiger partial charge in [0.1, 0.15) is 5.75 Å². The largest absolute Gasteiger partial charge is 0.507 e. The minimum absolute atomic E-state index is 0.374.